The minimum absolute atomic E-state index is 0.276. The molecule has 3 aromatic carbocycles. The molecule has 0 saturated carbocycles. The topological polar surface area (TPSA) is 41.5 Å². The Balaban J connectivity index is 1.91. The van der Waals surface area contributed by atoms with Crippen molar-refractivity contribution in [3.8, 4) is 5.75 Å². The van der Waals surface area contributed by atoms with Gasteiger partial charge in [-0.3, -0.25) is 0 Å². The molecule has 0 aliphatic heterocycles. The monoisotopic (exact) mass is 309 g/mol. The van der Waals surface area contributed by atoms with Crippen LogP contribution in [0.1, 0.15) is 13.8 Å². The third kappa shape index (κ3) is 3.63. The van der Waals surface area contributed by atoms with Gasteiger partial charge in [-0.25, -0.2) is 0 Å². The van der Waals surface area contributed by atoms with Crippen LogP contribution in [0.3, 0.4) is 0 Å². The Labute approximate surface area is 136 Å². The summed E-state index contributed by atoms with van der Waals surface area (Å²) in [6.45, 7) is 4.93. The zero-order valence-corrected chi connectivity index (χ0v) is 13.6. The second kappa shape index (κ2) is 6.99. The summed E-state index contributed by atoms with van der Waals surface area (Å²) in [4.78, 5) is 0. The van der Waals surface area contributed by atoms with Crippen LogP contribution in [-0.4, -0.2) is 30.4 Å². The largest absolute Gasteiger partial charge is 0.490 e. The van der Waals surface area contributed by atoms with E-state index in [1.165, 1.54) is 0 Å². The van der Waals surface area contributed by atoms with Gasteiger partial charge >= 0.3 is 0 Å². The van der Waals surface area contributed by atoms with Crippen molar-refractivity contribution in [1.82, 2.24) is 5.32 Å². The highest BCUT2D eigenvalue weighted by molar-refractivity contribution is 6.05. The van der Waals surface area contributed by atoms with Crippen LogP contribution < -0.4 is 10.1 Å². The number of aliphatic hydroxyl groups excluding tert-OH is 1. The van der Waals surface area contributed by atoms with Gasteiger partial charge in [-0.15, -0.1) is 0 Å². The zero-order valence-electron chi connectivity index (χ0n) is 13.6. The van der Waals surface area contributed by atoms with E-state index in [-0.39, 0.29) is 6.61 Å². The summed E-state index contributed by atoms with van der Waals surface area (Å²) in [5.74, 6) is 0.849. The highest BCUT2D eigenvalue weighted by atomic mass is 16.5. The lowest BCUT2D eigenvalue weighted by Crippen LogP contribution is -2.35. The van der Waals surface area contributed by atoms with Gasteiger partial charge in [-0.05, 0) is 16.8 Å². The number of benzene rings is 3. The van der Waals surface area contributed by atoms with Crippen molar-refractivity contribution in [2.24, 2.45) is 0 Å². The predicted molar refractivity (Wildman–Crippen MR) is 96.1 cm³/mol. The molecule has 0 bridgehead atoms. The van der Waals surface area contributed by atoms with Gasteiger partial charge in [0.2, 0.25) is 0 Å². The minimum atomic E-state index is -0.532. The average Bonchev–Trinajstić information content (AvgIpc) is 2.56. The lowest BCUT2D eigenvalue weighted by atomic mass is 10.0. The van der Waals surface area contributed by atoms with Gasteiger partial charge in [0, 0.05) is 23.4 Å². The fourth-order valence-corrected chi connectivity index (χ4v) is 2.74. The van der Waals surface area contributed by atoms with Crippen LogP contribution in [0.2, 0.25) is 0 Å². The van der Waals surface area contributed by atoms with E-state index in [1.807, 2.05) is 24.3 Å². The summed E-state index contributed by atoms with van der Waals surface area (Å²) >= 11 is 0. The number of nitrogens with one attached hydrogen (secondary N) is 1. The molecule has 0 radical (unpaired) electrons. The van der Waals surface area contributed by atoms with Crippen molar-refractivity contribution in [3.05, 3.63) is 54.6 Å². The molecule has 1 atom stereocenters. The third-order valence-electron chi connectivity index (χ3n) is 3.90. The lowest BCUT2D eigenvalue weighted by Gasteiger charge is -2.17. The number of hydrogen-bond donors (Lipinski definition) is 2. The Kier molecular flexibility index (Phi) is 4.79. The molecule has 2 N–H and O–H groups in total. The summed E-state index contributed by atoms with van der Waals surface area (Å²) in [6.07, 6.45) is -0.532. The van der Waals surface area contributed by atoms with Crippen molar-refractivity contribution in [2.75, 3.05) is 13.2 Å². The molecule has 0 aromatic heterocycles. The van der Waals surface area contributed by atoms with E-state index in [1.54, 1.807) is 0 Å². The maximum absolute atomic E-state index is 10.1. The van der Waals surface area contributed by atoms with E-state index in [4.69, 9.17) is 4.74 Å². The predicted octanol–water partition coefficient (Wildman–Crippen LogP) is 3.73. The van der Waals surface area contributed by atoms with Crippen LogP contribution in [-0.2, 0) is 0 Å². The third-order valence-corrected chi connectivity index (χ3v) is 3.90. The van der Waals surface area contributed by atoms with E-state index in [2.05, 4.69) is 49.5 Å². The molecule has 120 valence electrons. The molecule has 23 heavy (non-hydrogen) atoms. The molecule has 3 heteroatoms. The summed E-state index contributed by atoms with van der Waals surface area (Å²) in [7, 11) is 0. The molecule has 0 heterocycles. The normalized spacial score (nSPS) is 12.9. The van der Waals surface area contributed by atoms with Gasteiger partial charge in [-0.1, -0.05) is 62.4 Å². The first-order chi connectivity index (χ1) is 11.1. The summed E-state index contributed by atoms with van der Waals surface area (Å²) in [6, 6.07) is 18.9. The smallest absolute Gasteiger partial charge is 0.135 e. The molecular formula is C20H23NO2. The van der Waals surface area contributed by atoms with Crippen molar-refractivity contribution in [3.63, 3.8) is 0 Å². The van der Waals surface area contributed by atoms with Gasteiger partial charge in [0.1, 0.15) is 18.5 Å². The molecule has 0 aliphatic rings. The van der Waals surface area contributed by atoms with E-state index >= 15 is 0 Å². The van der Waals surface area contributed by atoms with Gasteiger partial charge in [0.25, 0.3) is 0 Å². The van der Waals surface area contributed by atoms with Gasteiger partial charge in [-0.2, -0.15) is 0 Å². The zero-order chi connectivity index (χ0) is 16.2. The van der Waals surface area contributed by atoms with Crippen molar-refractivity contribution in [2.45, 2.75) is 26.0 Å². The number of fused-ring (bicyclic) bond motifs is 2. The second-order valence-electron chi connectivity index (χ2n) is 6.18. The van der Waals surface area contributed by atoms with Gasteiger partial charge < -0.3 is 15.2 Å². The molecular weight excluding hydrogens is 286 g/mol. The summed E-state index contributed by atoms with van der Waals surface area (Å²) in [5, 5.41) is 17.8. The Morgan fingerprint density at radius 1 is 0.957 bits per heavy atom. The fraction of sp³-hybridized carbons (Fsp3) is 0.300. The minimum Gasteiger partial charge on any atom is -0.490 e. The van der Waals surface area contributed by atoms with Crippen LogP contribution in [0.4, 0.5) is 0 Å². The molecule has 0 aliphatic carbocycles. The van der Waals surface area contributed by atoms with Crippen LogP contribution in [0.5, 0.6) is 5.75 Å². The summed E-state index contributed by atoms with van der Waals surface area (Å²) < 4.78 is 6.04. The van der Waals surface area contributed by atoms with E-state index < -0.39 is 6.10 Å². The molecule has 3 aromatic rings. The van der Waals surface area contributed by atoms with E-state index in [9.17, 15) is 5.11 Å². The van der Waals surface area contributed by atoms with Crippen molar-refractivity contribution < 1.29 is 9.84 Å². The molecule has 0 fully saturated rings. The molecule has 0 spiro atoms. The highest BCUT2D eigenvalue weighted by Crippen LogP contribution is 2.34. The number of ether oxygens (including phenoxy) is 1. The molecule has 0 unspecified atom stereocenters. The summed E-state index contributed by atoms with van der Waals surface area (Å²) in [5.41, 5.74) is 0. The van der Waals surface area contributed by atoms with E-state index in [0.717, 1.165) is 27.3 Å². The maximum Gasteiger partial charge on any atom is 0.135 e. The van der Waals surface area contributed by atoms with Gasteiger partial charge in [0.05, 0.1) is 0 Å². The van der Waals surface area contributed by atoms with Crippen molar-refractivity contribution in [1.29, 1.82) is 0 Å². The first-order valence-corrected chi connectivity index (χ1v) is 8.10. The van der Waals surface area contributed by atoms with Crippen LogP contribution in [0.15, 0.2) is 54.6 Å². The maximum atomic E-state index is 10.1. The Hall–Kier alpha value is -2.10. The Bertz CT molecular complexity index is 744. The first-order valence-electron chi connectivity index (χ1n) is 8.10. The first kappa shape index (κ1) is 15.8. The number of hydrogen-bond acceptors (Lipinski definition) is 3. The molecule has 0 amide bonds. The van der Waals surface area contributed by atoms with Gasteiger partial charge in [0.15, 0.2) is 0 Å². The number of rotatable bonds is 6. The van der Waals surface area contributed by atoms with E-state index in [0.29, 0.717) is 12.6 Å². The highest BCUT2D eigenvalue weighted by Gasteiger charge is 2.11. The molecule has 3 nitrogen and oxygen atoms in total. The SMILES string of the molecule is CC(C)NC[C@H](O)COc1c2ccccc2cc2ccccc12. The Morgan fingerprint density at radius 3 is 2.09 bits per heavy atom. The van der Waals surface area contributed by atoms with Crippen LogP contribution in [0.25, 0.3) is 21.5 Å². The standard InChI is InChI=1S/C20H23NO2/c1-14(2)21-12-17(22)13-23-20-18-9-5-3-7-15(18)11-16-8-4-6-10-19(16)20/h3-11,14,17,21-22H,12-13H2,1-2H3/t17-/m0/s1. The molecule has 3 rings (SSSR count). The average molecular weight is 309 g/mol. The lowest BCUT2D eigenvalue weighted by molar-refractivity contribution is 0.106. The number of aliphatic hydroxyl groups is 1. The fourth-order valence-electron chi connectivity index (χ4n) is 2.74. The van der Waals surface area contributed by atoms with Crippen LogP contribution >= 0.6 is 0 Å². The van der Waals surface area contributed by atoms with Crippen LogP contribution in [0, 0.1) is 0 Å². The molecule has 0 saturated heterocycles. The quantitative estimate of drug-likeness (QED) is 0.682. The van der Waals surface area contributed by atoms with Crippen molar-refractivity contribution >= 4 is 21.5 Å². The second-order valence-corrected chi connectivity index (χ2v) is 6.18. The Morgan fingerprint density at radius 2 is 1.52 bits per heavy atom.